The zero-order valence-electron chi connectivity index (χ0n) is 23.6. The summed E-state index contributed by atoms with van der Waals surface area (Å²) in [5.41, 5.74) is 3.80. The smallest absolute Gasteiger partial charge is 0.263 e. The van der Waals surface area contributed by atoms with Crippen molar-refractivity contribution in [1.29, 1.82) is 0 Å². The molecule has 2 aromatic carbocycles. The second kappa shape index (κ2) is 12.5. The van der Waals surface area contributed by atoms with Gasteiger partial charge in [0.2, 0.25) is 5.88 Å². The van der Waals surface area contributed by atoms with Crippen LogP contribution < -0.4 is 14.8 Å². The van der Waals surface area contributed by atoms with Crippen molar-refractivity contribution in [3.8, 4) is 17.0 Å². The van der Waals surface area contributed by atoms with Crippen molar-refractivity contribution in [2.75, 3.05) is 16.6 Å². The minimum atomic E-state index is -3.96. The number of aromatic nitrogens is 3. The molecule has 0 saturated heterocycles. The van der Waals surface area contributed by atoms with E-state index in [2.05, 4.69) is 25.2 Å². The number of anilines is 2. The van der Waals surface area contributed by atoms with Crippen LogP contribution in [0.3, 0.4) is 0 Å². The molecule has 0 aliphatic rings. The van der Waals surface area contributed by atoms with Gasteiger partial charge in [-0.2, -0.15) is 4.98 Å². The minimum Gasteiger partial charge on any atom is -0.475 e. The van der Waals surface area contributed by atoms with Gasteiger partial charge in [-0.3, -0.25) is 4.72 Å². The Kier molecular flexibility index (Phi) is 9.06. The Morgan fingerprint density at radius 2 is 1.77 bits per heavy atom. The number of hydrogen-bond donors (Lipinski definition) is 2. The third-order valence-electron chi connectivity index (χ3n) is 6.13. The van der Waals surface area contributed by atoms with Gasteiger partial charge in [-0.25, -0.2) is 13.4 Å². The molecule has 2 heterocycles. The van der Waals surface area contributed by atoms with E-state index in [1.807, 2.05) is 52.0 Å². The molecule has 0 spiro atoms. The van der Waals surface area contributed by atoms with Crippen LogP contribution in [0.1, 0.15) is 49.0 Å². The fraction of sp³-hybridized carbons (Fsp3) is 0.345. The van der Waals surface area contributed by atoms with E-state index in [0.29, 0.717) is 54.2 Å². The predicted octanol–water partition coefficient (Wildman–Crippen LogP) is 5.79. The van der Waals surface area contributed by atoms with Gasteiger partial charge in [-0.1, -0.05) is 41.6 Å². The number of rotatable bonds is 12. The van der Waals surface area contributed by atoms with Crippen molar-refractivity contribution in [2.24, 2.45) is 0 Å². The highest BCUT2D eigenvalue weighted by molar-refractivity contribution is 7.92. The molecule has 11 heteroatoms. The molecule has 212 valence electrons. The molecular formula is C29H35N5O5S. The van der Waals surface area contributed by atoms with Gasteiger partial charge in [-0.15, -0.1) is 0 Å². The summed E-state index contributed by atoms with van der Waals surface area (Å²) in [5.74, 6) is 2.50. The molecule has 2 aromatic heterocycles. The lowest BCUT2D eigenvalue weighted by Gasteiger charge is -2.17. The lowest BCUT2D eigenvalue weighted by molar-refractivity contribution is 0.134. The van der Waals surface area contributed by atoms with Crippen LogP contribution in [-0.4, -0.2) is 36.3 Å². The van der Waals surface area contributed by atoms with Crippen LogP contribution >= 0.6 is 0 Å². The van der Waals surface area contributed by atoms with E-state index in [0.717, 1.165) is 16.7 Å². The van der Waals surface area contributed by atoms with E-state index in [-0.39, 0.29) is 16.8 Å². The maximum atomic E-state index is 13.5. The Hall–Kier alpha value is -3.96. The average molecular weight is 566 g/mol. The first-order valence-corrected chi connectivity index (χ1v) is 14.6. The molecule has 0 atom stereocenters. The van der Waals surface area contributed by atoms with Crippen molar-refractivity contribution in [1.82, 2.24) is 15.1 Å². The maximum absolute atomic E-state index is 13.5. The molecule has 40 heavy (non-hydrogen) atoms. The van der Waals surface area contributed by atoms with Gasteiger partial charge in [0.1, 0.15) is 17.4 Å². The topological polar surface area (TPSA) is 128 Å². The van der Waals surface area contributed by atoms with Crippen LogP contribution in [-0.2, 0) is 27.9 Å². The molecule has 4 aromatic rings. The first kappa shape index (κ1) is 29.0. The molecule has 0 aliphatic carbocycles. The van der Waals surface area contributed by atoms with E-state index < -0.39 is 10.0 Å². The number of nitrogens with zero attached hydrogens (tertiary/aromatic N) is 3. The molecule has 0 amide bonds. The summed E-state index contributed by atoms with van der Waals surface area (Å²) in [7, 11) is -3.96. The van der Waals surface area contributed by atoms with Gasteiger partial charge < -0.3 is 19.3 Å². The SMILES string of the molecule is CCOCc1cc(CNc2cc(OC(C)C)nc(C)n2)ccc1-c1ccccc1S(=O)(=O)Nc1noc(C)c1C. The molecular weight excluding hydrogens is 530 g/mol. The summed E-state index contributed by atoms with van der Waals surface area (Å²) in [6, 6.07) is 14.5. The second-order valence-electron chi connectivity index (χ2n) is 9.60. The van der Waals surface area contributed by atoms with Crippen LogP contribution in [0.25, 0.3) is 11.1 Å². The van der Waals surface area contributed by atoms with E-state index in [1.54, 1.807) is 38.1 Å². The molecule has 0 radical (unpaired) electrons. The normalized spacial score (nSPS) is 11.6. The predicted molar refractivity (Wildman–Crippen MR) is 154 cm³/mol. The summed E-state index contributed by atoms with van der Waals surface area (Å²) in [4.78, 5) is 8.92. The highest BCUT2D eigenvalue weighted by atomic mass is 32.2. The van der Waals surface area contributed by atoms with Gasteiger partial charge in [-0.05, 0) is 64.3 Å². The summed E-state index contributed by atoms with van der Waals surface area (Å²) in [6.45, 7) is 12.4. The van der Waals surface area contributed by atoms with Crippen LogP contribution in [0.4, 0.5) is 11.6 Å². The Morgan fingerprint density at radius 3 is 2.48 bits per heavy atom. The molecule has 10 nitrogen and oxygen atoms in total. The van der Waals surface area contributed by atoms with Crippen molar-refractivity contribution in [3.05, 3.63) is 76.8 Å². The van der Waals surface area contributed by atoms with Gasteiger partial charge in [0, 0.05) is 30.3 Å². The largest absolute Gasteiger partial charge is 0.475 e. The molecule has 0 saturated carbocycles. The Balaban J connectivity index is 1.64. The Labute approximate surface area is 235 Å². The van der Waals surface area contributed by atoms with Crippen molar-refractivity contribution < 1.29 is 22.4 Å². The zero-order valence-corrected chi connectivity index (χ0v) is 24.4. The number of nitrogens with one attached hydrogen (secondary N) is 2. The van der Waals surface area contributed by atoms with E-state index in [4.69, 9.17) is 14.0 Å². The Morgan fingerprint density at radius 1 is 1.00 bits per heavy atom. The van der Waals surface area contributed by atoms with E-state index >= 15 is 0 Å². The van der Waals surface area contributed by atoms with E-state index in [1.165, 1.54) is 0 Å². The summed E-state index contributed by atoms with van der Waals surface area (Å²) in [5, 5.41) is 7.19. The molecule has 2 N–H and O–H groups in total. The van der Waals surface area contributed by atoms with Gasteiger partial charge >= 0.3 is 0 Å². The van der Waals surface area contributed by atoms with Crippen molar-refractivity contribution in [3.63, 3.8) is 0 Å². The summed E-state index contributed by atoms with van der Waals surface area (Å²) < 4.78 is 46.1. The second-order valence-corrected chi connectivity index (χ2v) is 11.3. The molecule has 0 fully saturated rings. The molecule has 0 unspecified atom stereocenters. The van der Waals surface area contributed by atoms with E-state index in [9.17, 15) is 8.42 Å². The molecule has 4 rings (SSSR count). The monoisotopic (exact) mass is 565 g/mol. The first-order valence-electron chi connectivity index (χ1n) is 13.1. The van der Waals surface area contributed by atoms with Gasteiger partial charge in [0.25, 0.3) is 10.0 Å². The molecule has 0 bridgehead atoms. The Bertz CT molecular complexity index is 1580. The summed E-state index contributed by atoms with van der Waals surface area (Å²) >= 11 is 0. The van der Waals surface area contributed by atoms with Crippen molar-refractivity contribution >= 4 is 21.7 Å². The third-order valence-corrected chi connectivity index (χ3v) is 7.53. The third kappa shape index (κ3) is 6.97. The maximum Gasteiger partial charge on any atom is 0.263 e. The van der Waals surface area contributed by atoms with Crippen LogP contribution in [0.2, 0.25) is 0 Å². The molecule has 0 aliphatic heterocycles. The number of aryl methyl sites for hydroxylation is 2. The fourth-order valence-electron chi connectivity index (χ4n) is 4.10. The lowest BCUT2D eigenvalue weighted by Crippen LogP contribution is -2.15. The highest BCUT2D eigenvalue weighted by Gasteiger charge is 2.23. The minimum absolute atomic E-state index is 0.00167. The number of sulfonamides is 1. The number of benzene rings is 2. The quantitative estimate of drug-likeness (QED) is 0.219. The first-order chi connectivity index (χ1) is 19.1. The van der Waals surface area contributed by atoms with Crippen LogP contribution in [0, 0.1) is 20.8 Å². The lowest BCUT2D eigenvalue weighted by atomic mass is 9.97. The summed E-state index contributed by atoms with van der Waals surface area (Å²) in [6.07, 6.45) is 0.00167. The number of hydrogen-bond acceptors (Lipinski definition) is 9. The zero-order chi connectivity index (χ0) is 28.9. The van der Waals surface area contributed by atoms with Gasteiger partial charge in [0.15, 0.2) is 5.82 Å². The van der Waals surface area contributed by atoms with Crippen LogP contribution in [0.5, 0.6) is 5.88 Å². The standard InChI is InChI=1S/C29H35N5O5S/c1-7-37-17-23-14-22(16-30-27-15-28(38-18(2)3)32-21(6)31-27)12-13-24(23)25-10-8-9-11-26(25)40(35,36)34-29-19(4)20(5)39-33-29/h8-15,18H,7,16-17H2,1-6H3,(H,33,34)(H,30,31,32). The number of ether oxygens (including phenoxy) is 2. The van der Waals surface area contributed by atoms with Crippen molar-refractivity contribution in [2.45, 2.75) is 65.7 Å². The van der Waals surface area contributed by atoms with Gasteiger partial charge in [0.05, 0.1) is 17.6 Å². The van der Waals surface area contributed by atoms with Crippen LogP contribution in [0.15, 0.2) is 57.9 Å². The average Bonchev–Trinajstić information content (AvgIpc) is 3.21. The fourth-order valence-corrected chi connectivity index (χ4v) is 5.38. The highest BCUT2D eigenvalue weighted by Crippen LogP contribution is 2.33.